The van der Waals surface area contributed by atoms with E-state index in [0.717, 1.165) is 17.8 Å². The van der Waals surface area contributed by atoms with Crippen molar-refractivity contribution in [2.45, 2.75) is 64.5 Å². The summed E-state index contributed by atoms with van der Waals surface area (Å²) in [6.07, 6.45) is 7.99. The molecule has 0 aromatic carbocycles. The predicted octanol–water partition coefficient (Wildman–Crippen LogP) is 1.76. The van der Waals surface area contributed by atoms with Crippen LogP contribution >= 0.6 is 0 Å². The average molecular weight is 293 g/mol. The minimum absolute atomic E-state index is 0.128. The monoisotopic (exact) mass is 293 g/mol. The van der Waals surface area contributed by atoms with E-state index < -0.39 is 12.1 Å². The molecule has 0 spiro atoms. The number of hydrogen-bond donors (Lipinski definition) is 3. The van der Waals surface area contributed by atoms with E-state index in [2.05, 4.69) is 17.6 Å². The lowest BCUT2D eigenvalue weighted by molar-refractivity contribution is -0.127. The molecule has 0 aromatic heterocycles. The van der Waals surface area contributed by atoms with Crippen LogP contribution in [0.3, 0.4) is 0 Å². The second kappa shape index (κ2) is 5.18. The highest BCUT2D eigenvalue weighted by atomic mass is 16.2. The summed E-state index contributed by atoms with van der Waals surface area (Å²) in [6.45, 7) is 3.81. The Morgan fingerprint density at radius 2 is 1.48 bits per heavy atom. The van der Waals surface area contributed by atoms with Crippen LogP contribution in [-0.2, 0) is 4.79 Å². The van der Waals surface area contributed by atoms with Crippen LogP contribution in [0.5, 0.6) is 0 Å². The lowest BCUT2D eigenvalue weighted by Crippen LogP contribution is -2.58. The van der Waals surface area contributed by atoms with Gasteiger partial charge in [0.2, 0.25) is 5.91 Å². The first kappa shape index (κ1) is 14.7. The zero-order valence-electron chi connectivity index (χ0n) is 13.0. The van der Waals surface area contributed by atoms with Gasteiger partial charge in [-0.1, -0.05) is 0 Å². The lowest BCUT2D eigenvalue weighted by Gasteiger charge is -2.59. The number of amides is 3. The number of urea groups is 1. The molecule has 4 bridgehead atoms. The normalized spacial score (nSPS) is 39.6. The molecule has 4 N–H and O–H groups in total. The molecule has 4 fully saturated rings. The molecule has 118 valence electrons. The summed E-state index contributed by atoms with van der Waals surface area (Å²) < 4.78 is 0. The highest BCUT2D eigenvalue weighted by molar-refractivity contribution is 5.86. The van der Waals surface area contributed by atoms with Crippen molar-refractivity contribution < 1.29 is 9.59 Å². The number of primary amides is 1. The highest BCUT2D eigenvalue weighted by Crippen LogP contribution is 2.61. The van der Waals surface area contributed by atoms with Gasteiger partial charge in [-0.05, 0) is 75.5 Å². The van der Waals surface area contributed by atoms with Crippen LogP contribution in [0.25, 0.3) is 0 Å². The van der Waals surface area contributed by atoms with Crippen molar-refractivity contribution in [2.75, 3.05) is 0 Å². The summed E-state index contributed by atoms with van der Waals surface area (Å²) in [4.78, 5) is 23.1. The minimum atomic E-state index is -0.653. The van der Waals surface area contributed by atoms with Crippen molar-refractivity contribution >= 4 is 11.9 Å². The molecule has 5 heteroatoms. The fourth-order valence-electron chi connectivity index (χ4n) is 5.48. The van der Waals surface area contributed by atoms with Gasteiger partial charge in [0.05, 0.1) is 0 Å². The van der Waals surface area contributed by atoms with E-state index in [1.807, 2.05) is 0 Å². The fraction of sp³-hybridized carbons (Fsp3) is 0.875. The van der Waals surface area contributed by atoms with Gasteiger partial charge in [0.15, 0.2) is 0 Å². The molecule has 3 amide bonds. The molecule has 4 aliphatic carbocycles. The van der Waals surface area contributed by atoms with E-state index in [1.54, 1.807) is 6.92 Å². The topological polar surface area (TPSA) is 84.2 Å². The van der Waals surface area contributed by atoms with Crippen molar-refractivity contribution in [2.24, 2.45) is 28.9 Å². The predicted molar refractivity (Wildman–Crippen MR) is 80.4 cm³/mol. The summed E-state index contributed by atoms with van der Waals surface area (Å²) in [7, 11) is 0. The molecule has 4 rings (SSSR count). The number of nitrogens with two attached hydrogens (primary N) is 1. The number of carbonyl (C=O) groups excluding carboxylic acids is 2. The first-order valence-electron chi connectivity index (χ1n) is 8.24. The third-order valence-electron chi connectivity index (χ3n) is 6.11. The number of carbonyl (C=O) groups is 2. The molecule has 5 nitrogen and oxygen atoms in total. The smallest absolute Gasteiger partial charge is 0.312 e. The SMILES string of the molecule is C[C@H](NC(N)=O)C(=O)N[C@H](C)C12CC3CC(CC(C3)C1)C2. The summed E-state index contributed by atoms with van der Waals surface area (Å²) in [6, 6.07) is -1.05. The Kier molecular flexibility index (Phi) is 3.62. The molecule has 0 unspecified atom stereocenters. The second-order valence-corrected chi connectivity index (χ2v) is 7.74. The molecule has 4 aliphatic rings. The highest BCUT2D eigenvalue weighted by Gasteiger charge is 2.53. The van der Waals surface area contributed by atoms with Crippen LogP contribution in [0.2, 0.25) is 0 Å². The van der Waals surface area contributed by atoms with Gasteiger partial charge >= 0.3 is 6.03 Å². The molecule has 0 aliphatic heterocycles. The fourth-order valence-corrected chi connectivity index (χ4v) is 5.48. The average Bonchev–Trinajstić information content (AvgIpc) is 2.35. The summed E-state index contributed by atoms with van der Waals surface area (Å²) in [5.74, 6) is 2.49. The van der Waals surface area contributed by atoms with Crippen LogP contribution in [0.4, 0.5) is 4.79 Å². The van der Waals surface area contributed by atoms with Crippen LogP contribution in [-0.4, -0.2) is 24.0 Å². The number of rotatable bonds is 4. The Hall–Kier alpha value is -1.26. The second-order valence-electron chi connectivity index (χ2n) is 7.74. The third-order valence-corrected chi connectivity index (χ3v) is 6.11. The zero-order valence-corrected chi connectivity index (χ0v) is 13.0. The van der Waals surface area contributed by atoms with Crippen LogP contribution in [0.15, 0.2) is 0 Å². The van der Waals surface area contributed by atoms with Crippen molar-refractivity contribution in [3.63, 3.8) is 0 Å². The Morgan fingerprint density at radius 3 is 1.90 bits per heavy atom. The Morgan fingerprint density at radius 1 is 1.00 bits per heavy atom. The van der Waals surface area contributed by atoms with Gasteiger partial charge in [-0.15, -0.1) is 0 Å². The van der Waals surface area contributed by atoms with Gasteiger partial charge in [0.1, 0.15) is 6.04 Å². The molecule has 0 aromatic rings. The van der Waals surface area contributed by atoms with E-state index in [9.17, 15) is 9.59 Å². The van der Waals surface area contributed by atoms with Crippen molar-refractivity contribution in [1.82, 2.24) is 10.6 Å². The van der Waals surface area contributed by atoms with E-state index >= 15 is 0 Å². The Bertz CT molecular complexity index is 414. The number of hydrogen-bond acceptors (Lipinski definition) is 2. The number of nitrogens with one attached hydrogen (secondary N) is 2. The van der Waals surface area contributed by atoms with Gasteiger partial charge in [0, 0.05) is 6.04 Å². The first-order valence-corrected chi connectivity index (χ1v) is 8.24. The maximum Gasteiger partial charge on any atom is 0.312 e. The van der Waals surface area contributed by atoms with E-state index in [0.29, 0.717) is 0 Å². The largest absolute Gasteiger partial charge is 0.352 e. The molecule has 0 radical (unpaired) electrons. The molecule has 0 saturated heterocycles. The van der Waals surface area contributed by atoms with Crippen molar-refractivity contribution in [3.05, 3.63) is 0 Å². The lowest BCUT2D eigenvalue weighted by atomic mass is 9.48. The van der Waals surface area contributed by atoms with Gasteiger partial charge in [-0.25, -0.2) is 4.79 Å². The summed E-state index contributed by atoms with van der Waals surface area (Å²) in [5.41, 5.74) is 5.37. The molecule has 0 heterocycles. The maximum atomic E-state index is 12.2. The first-order chi connectivity index (χ1) is 9.88. The van der Waals surface area contributed by atoms with Crippen LogP contribution < -0.4 is 16.4 Å². The summed E-state index contributed by atoms with van der Waals surface area (Å²) >= 11 is 0. The van der Waals surface area contributed by atoms with Gasteiger partial charge in [0.25, 0.3) is 0 Å². The van der Waals surface area contributed by atoms with Crippen LogP contribution in [0.1, 0.15) is 52.4 Å². The van der Waals surface area contributed by atoms with Gasteiger partial charge < -0.3 is 16.4 Å². The molecular formula is C16H27N3O2. The standard InChI is InChI=1S/C16H27N3O2/c1-9(18-15(17)21)14(20)19-10(2)16-6-11-3-12(7-16)5-13(4-11)8-16/h9-13H,3-8H2,1-2H3,(H,19,20)(H3,17,18,21)/t9-,10+,11?,12?,13?,16?/m0/s1. The maximum absolute atomic E-state index is 12.2. The van der Waals surface area contributed by atoms with Crippen molar-refractivity contribution in [3.8, 4) is 0 Å². The van der Waals surface area contributed by atoms with E-state index in [4.69, 9.17) is 5.73 Å². The third kappa shape index (κ3) is 2.74. The zero-order chi connectivity index (χ0) is 15.2. The minimum Gasteiger partial charge on any atom is -0.352 e. The molecular weight excluding hydrogens is 266 g/mol. The van der Waals surface area contributed by atoms with Crippen LogP contribution in [0, 0.1) is 23.2 Å². The van der Waals surface area contributed by atoms with E-state index in [-0.39, 0.29) is 17.4 Å². The van der Waals surface area contributed by atoms with Crippen molar-refractivity contribution in [1.29, 1.82) is 0 Å². The quantitative estimate of drug-likeness (QED) is 0.738. The van der Waals surface area contributed by atoms with Gasteiger partial charge in [-0.3, -0.25) is 4.79 Å². The summed E-state index contributed by atoms with van der Waals surface area (Å²) in [5, 5.41) is 5.58. The Balaban J connectivity index is 1.64. The Labute approximate surface area is 126 Å². The molecule has 21 heavy (non-hydrogen) atoms. The van der Waals surface area contributed by atoms with E-state index in [1.165, 1.54) is 38.5 Å². The molecule has 2 atom stereocenters. The molecule has 4 saturated carbocycles. The van der Waals surface area contributed by atoms with Gasteiger partial charge in [-0.2, -0.15) is 0 Å².